The van der Waals surface area contributed by atoms with Crippen LogP contribution < -0.4 is 10.6 Å². The second kappa shape index (κ2) is 14.0. The number of allylic oxidation sites excluding steroid dienone is 1. The van der Waals surface area contributed by atoms with Gasteiger partial charge in [0.15, 0.2) is 0 Å². The molecule has 2 N–H and O–H groups in total. The van der Waals surface area contributed by atoms with Crippen LogP contribution in [0.25, 0.3) is 34.0 Å². The van der Waals surface area contributed by atoms with Crippen molar-refractivity contribution in [3.05, 3.63) is 130 Å². The van der Waals surface area contributed by atoms with Gasteiger partial charge in [0.05, 0.1) is 20.2 Å². The Morgan fingerprint density at radius 2 is 1.32 bits per heavy atom. The average Bonchev–Trinajstić information content (AvgIpc) is 3.47. The number of rotatable bonds is 6. The standard InChI is InChI=1S/C18H16N2O2.C16H14.BH3.Zr/c1-12-17(19-10-21)15-9-5-8-14(13-6-3-2-4-7-13)16(15)18(12)20-11-22;1-12-10-14-8-5-9-15(16(14)11-12)13-6-3-2-4-7-13;;/h2-11,17H,1H3,(H,19,21)(H,20,22);2-9,11H,10H2,1H3;1H3;. The van der Waals surface area contributed by atoms with Gasteiger partial charge in [0.1, 0.15) is 0 Å². The van der Waals surface area contributed by atoms with E-state index in [0.717, 1.165) is 39.9 Å². The molecule has 6 heteroatoms. The molecule has 40 heavy (non-hydrogen) atoms. The number of carbonyl (C=O) groups is 2. The fraction of sp³-hybridized carbons (Fsp3) is 0.118. The summed E-state index contributed by atoms with van der Waals surface area (Å²) in [6.07, 6.45) is 4.79. The zero-order chi connectivity index (χ0) is 26.5. The predicted molar refractivity (Wildman–Crippen MR) is 165 cm³/mol. The van der Waals surface area contributed by atoms with E-state index in [9.17, 15) is 9.59 Å². The van der Waals surface area contributed by atoms with Gasteiger partial charge in [-0.1, -0.05) is 109 Å². The van der Waals surface area contributed by atoms with Crippen LogP contribution in [-0.4, -0.2) is 21.2 Å². The molecule has 2 aliphatic carbocycles. The maximum absolute atomic E-state index is 11.0. The van der Waals surface area contributed by atoms with E-state index in [0.29, 0.717) is 12.8 Å². The van der Waals surface area contributed by atoms with Gasteiger partial charge in [-0.05, 0) is 64.8 Å². The Labute approximate surface area is 257 Å². The van der Waals surface area contributed by atoms with Crippen molar-refractivity contribution >= 4 is 33.0 Å². The molecular formula is C34H33BN2O2Zr. The van der Waals surface area contributed by atoms with E-state index in [2.05, 4.69) is 72.2 Å². The van der Waals surface area contributed by atoms with Gasteiger partial charge in [-0.15, -0.1) is 0 Å². The molecule has 0 spiro atoms. The molecule has 0 radical (unpaired) electrons. The molecule has 0 heterocycles. The fourth-order valence-corrected chi connectivity index (χ4v) is 5.46. The summed E-state index contributed by atoms with van der Waals surface area (Å²) in [5.74, 6) is 0. The first-order chi connectivity index (χ1) is 18.6. The predicted octanol–water partition coefficient (Wildman–Crippen LogP) is 5.76. The first-order valence-electron chi connectivity index (χ1n) is 12.8. The van der Waals surface area contributed by atoms with Crippen molar-refractivity contribution in [3.63, 3.8) is 0 Å². The van der Waals surface area contributed by atoms with Crippen LogP contribution in [0.3, 0.4) is 0 Å². The number of carbonyl (C=O) groups excluding carboxylic acids is 2. The summed E-state index contributed by atoms with van der Waals surface area (Å²) in [6.45, 7) is 4.12. The summed E-state index contributed by atoms with van der Waals surface area (Å²) in [5.41, 5.74) is 12.8. The minimum atomic E-state index is -0.210. The molecule has 6 rings (SSSR count). The SMILES string of the molecule is B.CC1=C(NC=O)c2c(-c3ccccc3)cccc2C1NC=O.CC1=Cc2c(cccc2-c2ccccc2)C1.[Zr]. The summed E-state index contributed by atoms with van der Waals surface area (Å²) in [4.78, 5) is 21.9. The Hall–Kier alpha value is -3.75. The molecule has 2 amide bonds. The molecular weight excluding hydrogens is 570 g/mol. The fourth-order valence-electron chi connectivity index (χ4n) is 5.46. The van der Waals surface area contributed by atoms with E-state index in [4.69, 9.17) is 0 Å². The van der Waals surface area contributed by atoms with Gasteiger partial charge < -0.3 is 10.6 Å². The summed E-state index contributed by atoms with van der Waals surface area (Å²) in [7, 11) is 0. The Morgan fingerprint density at radius 1 is 0.725 bits per heavy atom. The van der Waals surface area contributed by atoms with Crippen LogP contribution in [0.5, 0.6) is 0 Å². The van der Waals surface area contributed by atoms with Gasteiger partial charge >= 0.3 is 0 Å². The molecule has 0 bridgehead atoms. The minimum Gasteiger partial charge on any atom is -0.348 e. The van der Waals surface area contributed by atoms with Gasteiger partial charge in [-0.25, -0.2) is 0 Å². The van der Waals surface area contributed by atoms with Crippen molar-refractivity contribution in [2.75, 3.05) is 0 Å². The summed E-state index contributed by atoms with van der Waals surface area (Å²) >= 11 is 0. The van der Waals surface area contributed by atoms with E-state index >= 15 is 0 Å². The topological polar surface area (TPSA) is 58.2 Å². The van der Waals surface area contributed by atoms with Gasteiger partial charge in [0, 0.05) is 31.8 Å². The van der Waals surface area contributed by atoms with Gasteiger partial charge in [-0.3, -0.25) is 9.59 Å². The number of nitrogens with one attached hydrogen (secondary N) is 2. The molecule has 2 aliphatic rings. The second-order valence-corrected chi connectivity index (χ2v) is 9.59. The third-order valence-electron chi connectivity index (χ3n) is 7.15. The van der Waals surface area contributed by atoms with Crippen LogP contribution in [0, 0.1) is 0 Å². The molecule has 1 atom stereocenters. The number of hydrogen-bond acceptors (Lipinski definition) is 2. The molecule has 4 aromatic rings. The van der Waals surface area contributed by atoms with Crippen LogP contribution in [0.2, 0.25) is 0 Å². The summed E-state index contributed by atoms with van der Waals surface area (Å²) < 4.78 is 0. The third-order valence-corrected chi connectivity index (χ3v) is 7.15. The Bertz CT molecular complexity index is 1550. The largest absolute Gasteiger partial charge is 0.348 e. The Morgan fingerprint density at radius 3 is 1.95 bits per heavy atom. The van der Waals surface area contributed by atoms with Crippen molar-refractivity contribution in [3.8, 4) is 22.3 Å². The summed E-state index contributed by atoms with van der Waals surface area (Å²) in [5, 5.41) is 5.62. The smallest absolute Gasteiger partial charge is 0.211 e. The van der Waals surface area contributed by atoms with E-state index in [-0.39, 0.29) is 40.7 Å². The van der Waals surface area contributed by atoms with Crippen LogP contribution in [0.4, 0.5) is 0 Å². The van der Waals surface area contributed by atoms with Crippen LogP contribution in [0.15, 0.2) is 108 Å². The number of amides is 2. The molecule has 1 unspecified atom stereocenters. The molecule has 0 aromatic heterocycles. The maximum atomic E-state index is 11.0. The van der Waals surface area contributed by atoms with Gasteiger partial charge in [-0.2, -0.15) is 0 Å². The number of hydrogen-bond donors (Lipinski definition) is 2. The molecule has 0 aliphatic heterocycles. The van der Waals surface area contributed by atoms with Crippen LogP contribution in [-0.2, 0) is 42.2 Å². The van der Waals surface area contributed by atoms with Crippen LogP contribution in [0.1, 0.15) is 42.1 Å². The second-order valence-electron chi connectivity index (χ2n) is 9.59. The molecule has 0 fully saturated rings. The quantitative estimate of drug-likeness (QED) is 0.218. The van der Waals surface area contributed by atoms with Crippen molar-refractivity contribution in [2.45, 2.75) is 26.3 Å². The van der Waals surface area contributed by atoms with E-state index in [1.54, 1.807) is 0 Å². The average molecular weight is 604 g/mol. The molecule has 4 aromatic carbocycles. The molecule has 4 nitrogen and oxygen atoms in total. The molecule has 0 saturated carbocycles. The normalized spacial score (nSPS) is 14.2. The van der Waals surface area contributed by atoms with Gasteiger partial charge in [0.25, 0.3) is 0 Å². The monoisotopic (exact) mass is 602 g/mol. The number of benzene rings is 4. The number of fused-ring (bicyclic) bond motifs is 2. The first-order valence-corrected chi connectivity index (χ1v) is 12.8. The minimum absolute atomic E-state index is 0. The van der Waals surface area contributed by atoms with E-state index in [1.165, 1.54) is 27.8 Å². The molecule has 0 saturated heterocycles. The van der Waals surface area contributed by atoms with Crippen molar-refractivity contribution < 1.29 is 35.8 Å². The Kier molecular flexibility index (Phi) is 10.8. The zero-order valence-electron chi connectivity index (χ0n) is 22.1. The van der Waals surface area contributed by atoms with Crippen molar-refractivity contribution in [1.82, 2.24) is 10.6 Å². The summed E-state index contributed by atoms with van der Waals surface area (Å²) in [6, 6.07) is 33.0. The van der Waals surface area contributed by atoms with E-state index in [1.807, 2.05) is 55.5 Å². The third kappa shape index (κ3) is 6.18. The van der Waals surface area contributed by atoms with Crippen molar-refractivity contribution in [2.24, 2.45) is 0 Å². The zero-order valence-corrected chi connectivity index (χ0v) is 24.5. The van der Waals surface area contributed by atoms with E-state index < -0.39 is 0 Å². The maximum Gasteiger partial charge on any atom is 0.211 e. The van der Waals surface area contributed by atoms with Gasteiger partial charge in [0.2, 0.25) is 12.8 Å². The molecule has 198 valence electrons. The van der Waals surface area contributed by atoms with Crippen molar-refractivity contribution in [1.29, 1.82) is 0 Å². The first kappa shape index (κ1) is 30.8. The van der Waals surface area contributed by atoms with Crippen LogP contribution >= 0.6 is 0 Å². The Balaban J connectivity index is 0.000000219.